The molecule has 1 aromatic rings. The number of hydrogen-bond donors (Lipinski definition) is 0. The topological polar surface area (TPSA) is 30.9 Å². The lowest BCUT2D eigenvalue weighted by Crippen LogP contribution is -2.23. The van der Waals surface area contributed by atoms with E-state index in [0.29, 0.717) is 5.75 Å². The average molecular weight is 263 g/mol. The summed E-state index contributed by atoms with van der Waals surface area (Å²) in [7, 11) is 7.09. The van der Waals surface area contributed by atoms with Gasteiger partial charge in [0.25, 0.3) is 0 Å². The smallest absolute Gasteiger partial charge is 0.164 e. The molecular formula is C15H21NO3. The van der Waals surface area contributed by atoms with Gasteiger partial charge in [0.2, 0.25) is 0 Å². The van der Waals surface area contributed by atoms with E-state index < -0.39 is 0 Å². The van der Waals surface area contributed by atoms with Crippen molar-refractivity contribution in [3.63, 3.8) is 0 Å². The fourth-order valence-corrected chi connectivity index (χ4v) is 2.30. The van der Waals surface area contributed by atoms with Gasteiger partial charge >= 0.3 is 0 Å². The van der Waals surface area contributed by atoms with Crippen molar-refractivity contribution in [1.82, 2.24) is 4.90 Å². The Morgan fingerprint density at radius 3 is 2.11 bits per heavy atom. The van der Waals surface area contributed by atoms with Gasteiger partial charge in [0.15, 0.2) is 11.5 Å². The van der Waals surface area contributed by atoms with Gasteiger partial charge in [-0.15, -0.1) is 0 Å². The molecule has 0 fully saturated rings. The summed E-state index contributed by atoms with van der Waals surface area (Å²) in [6.07, 6.45) is 3.26. The van der Waals surface area contributed by atoms with Crippen LogP contribution in [0.5, 0.6) is 17.2 Å². The summed E-state index contributed by atoms with van der Waals surface area (Å²) < 4.78 is 16.2. The van der Waals surface area contributed by atoms with Crippen LogP contribution in [0.4, 0.5) is 0 Å². The first-order chi connectivity index (χ1) is 9.19. The summed E-state index contributed by atoms with van der Waals surface area (Å²) in [6, 6.07) is 3.88. The maximum atomic E-state index is 5.48. The van der Waals surface area contributed by atoms with Crippen LogP contribution in [-0.4, -0.2) is 46.4 Å². The van der Waals surface area contributed by atoms with Crippen LogP contribution in [0.15, 0.2) is 18.2 Å². The minimum absolute atomic E-state index is 0.691. The highest BCUT2D eigenvalue weighted by atomic mass is 16.5. The number of benzene rings is 1. The van der Waals surface area contributed by atoms with Crippen LogP contribution < -0.4 is 14.2 Å². The number of nitrogens with zero attached hydrogens (tertiary/aromatic N) is 1. The van der Waals surface area contributed by atoms with Crippen LogP contribution >= 0.6 is 0 Å². The third-order valence-electron chi connectivity index (χ3n) is 3.46. The standard InChI is InChI=1S/C15H21NO3/c1-16-7-5-11(6-8-16)12-9-14(18-3)15(19-4)10-13(12)17-2/h5,9-10H,6-8H2,1-4H3. The van der Waals surface area contributed by atoms with Gasteiger partial charge < -0.3 is 19.1 Å². The summed E-state index contributed by atoms with van der Waals surface area (Å²) in [5.74, 6) is 2.25. The molecule has 19 heavy (non-hydrogen) atoms. The minimum Gasteiger partial charge on any atom is -0.496 e. The van der Waals surface area contributed by atoms with Gasteiger partial charge in [-0.2, -0.15) is 0 Å². The summed E-state index contributed by atoms with van der Waals surface area (Å²) in [5, 5.41) is 0. The first-order valence-corrected chi connectivity index (χ1v) is 6.37. The summed E-state index contributed by atoms with van der Waals surface area (Å²) in [5.41, 5.74) is 2.39. The van der Waals surface area contributed by atoms with E-state index in [2.05, 4.69) is 18.0 Å². The predicted octanol–water partition coefficient (Wildman–Crippen LogP) is 2.43. The quantitative estimate of drug-likeness (QED) is 0.835. The molecular weight excluding hydrogens is 242 g/mol. The third kappa shape index (κ3) is 2.84. The van der Waals surface area contributed by atoms with Gasteiger partial charge in [0, 0.05) is 24.7 Å². The molecule has 0 radical (unpaired) electrons. The second kappa shape index (κ2) is 5.97. The molecule has 1 heterocycles. The van der Waals surface area contributed by atoms with E-state index in [1.54, 1.807) is 21.3 Å². The number of ether oxygens (including phenoxy) is 3. The minimum atomic E-state index is 0.691. The highest BCUT2D eigenvalue weighted by molar-refractivity contribution is 5.74. The van der Waals surface area contributed by atoms with Gasteiger partial charge in [-0.05, 0) is 25.1 Å². The Morgan fingerprint density at radius 1 is 0.947 bits per heavy atom. The fraction of sp³-hybridized carbons (Fsp3) is 0.467. The highest BCUT2D eigenvalue weighted by Gasteiger charge is 2.17. The molecule has 0 atom stereocenters. The van der Waals surface area contributed by atoms with Crippen LogP contribution in [0.25, 0.3) is 5.57 Å². The van der Waals surface area contributed by atoms with E-state index >= 15 is 0 Å². The van der Waals surface area contributed by atoms with Gasteiger partial charge in [0.05, 0.1) is 21.3 Å². The molecule has 0 spiro atoms. The first kappa shape index (κ1) is 13.7. The number of methoxy groups -OCH3 is 3. The van der Waals surface area contributed by atoms with E-state index in [0.717, 1.165) is 36.6 Å². The van der Waals surface area contributed by atoms with Crippen molar-refractivity contribution in [2.24, 2.45) is 0 Å². The summed E-state index contributed by atoms with van der Waals surface area (Å²) in [6.45, 7) is 2.02. The van der Waals surface area contributed by atoms with Crippen molar-refractivity contribution in [2.75, 3.05) is 41.5 Å². The van der Waals surface area contributed by atoms with Gasteiger partial charge in [-0.3, -0.25) is 0 Å². The molecule has 4 nitrogen and oxygen atoms in total. The van der Waals surface area contributed by atoms with Crippen molar-refractivity contribution in [3.05, 3.63) is 23.8 Å². The Kier molecular flexibility index (Phi) is 4.32. The van der Waals surface area contributed by atoms with E-state index in [1.807, 2.05) is 12.1 Å². The molecule has 4 heteroatoms. The molecule has 0 aromatic heterocycles. The number of hydrogen-bond acceptors (Lipinski definition) is 4. The lowest BCUT2D eigenvalue weighted by Gasteiger charge is -2.23. The second-order valence-corrected chi connectivity index (χ2v) is 4.65. The van der Waals surface area contributed by atoms with Crippen molar-refractivity contribution < 1.29 is 14.2 Å². The molecule has 0 saturated carbocycles. The predicted molar refractivity (Wildman–Crippen MR) is 76.2 cm³/mol. The van der Waals surface area contributed by atoms with Crippen LogP contribution in [0.2, 0.25) is 0 Å². The maximum absolute atomic E-state index is 5.48. The van der Waals surface area contributed by atoms with Gasteiger partial charge in [0.1, 0.15) is 5.75 Å². The van der Waals surface area contributed by atoms with E-state index in [1.165, 1.54) is 5.57 Å². The summed E-state index contributed by atoms with van der Waals surface area (Å²) >= 11 is 0. The average Bonchev–Trinajstić information content (AvgIpc) is 2.46. The molecule has 104 valence electrons. The molecule has 0 N–H and O–H groups in total. The fourth-order valence-electron chi connectivity index (χ4n) is 2.30. The Balaban J connectivity index is 2.44. The number of likely N-dealkylation sites (N-methyl/N-ethyl adjacent to an activating group) is 1. The van der Waals surface area contributed by atoms with Crippen LogP contribution in [0, 0.1) is 0 Å². The van der Waals surface area contributed by atoms with Crippen molar-refractivity contribution >= 4 is 5.57 Å². The summed E-state index contributed by atoms with van der Waals surface area (Å²) in [4.78, 5) is 2.29. The lowest BCUT2D eigenvalue weighted by atomic mass is 9.98. The Hall–Kier alpha value is -1.68. The molecule has 1 aliphatic rings. The molecule has 0 unspecified atom stereocenters. The first-order valence-electron chi connectivity index (χ1n) is 6.37. The molecule has 1 aliphatic heterocycles. The van der Waals surface area contributed by atoms with Gasteiger partial charge in [-0.25, -0.2) is 0 Å². The zero-order valence-corrected chi connectivity index (χ0v) is 12.0. The maximum Gasteiger partial charge on any atom is 0.164 e. The Morgan fingerprint density at radius 2 is 1.58 bits per heavy atom. The van der Waals surface area contributed by atoms with Gasteiger partial charge in [-0.1, -0.05) is 6.08 Å². The zero-order valence-electron chi connectivity index (χ0n) is 12.0. The molecule has 0 saturated heterocycles. The highest BCUT2D eigenvalue weighted by Crippen LogP contribution is 2.39. The molecule has 2 rings (SSSR count). The number of rotatable bonds is 4. The van der Waals surface area contributed by atoms with Crippen molar-refractivity contribution in [3.8, 4) is 17.2 Å². The van der Waals surface area contributed by atoms with E-state index in [4.69, 9.17) is 14.2 Å². The van der Waals surface area contributed by atoms with Crippen LogP contribution in [-0.2, 0) is 0 Å². The Labute approximate surface area is 114 Å². The Bertz CT molecular complexity index is 483. The second-order valence-electron chi connectivity index (χ2n) is 4.65. The SMILES string of the molecule is COc1cc(OC)c(C2=CCN(C)CC2)cc1OC. The third-order valence-corrected chi connectivity index (χ3v) is 3.46. The van der Waals surface area contributed by atoms with Crippen molar-refractivity contribution in [2.45, 2.75) is 6.42 Å². The van der Waals surface area contributed by atoms with Crippen LogP contribution in [0.3, 0.4) is 0 Å². The monoisotopic (exact) mass is 263 g/mol. The van der Waals surface area contributed by atoms with E-state index in [-0.39, 0.29) is 0 Å². The van der Waals surface area contributed by atoms with Crippen molar-refractivity contribution in [1.29, 1.82) is 0 Å². The van der Waals surface area contributed by atoms with Crippen LogP contribution in [0.1, 0.15) is 12.0 Å². The molecule has 0 aliphatic carbocycles. The lowest BCUT2D eigenvalue weighted by molar-refractivity contribution is 0.348. The molecule has 0 bridgehead atoms. The normalized spacial score (nSPS) is 15.9. The molecule has 0 amide bonds. The largest absolute Gasteiger partial charge is 0.496 e. The zero-order chi connectivity index (χ0) is 13.8. The molecule has 1 aromatic carbocycles. The van der Waals surface area contributed by atoms with E-state index in [9.17, 15) is 0 Å².